The highest BCUT2D eigenvalue weighted by Crippen LogP contribution is 2.35. The van der Waals surface area contributed by atoms with Gasteiger partial charge in [-0.3, -0.25) is 4.79 Å². The number of hydrogen-bond acceptors (Lipinski definition) is 3. The number of rotatable bonds is 3. The molecule has 0 radical (unpaired) electrons. The van der Waals surface area contributed by atoms with Gasteiger partial charge in [-0.2, -0.15) is 0 Å². The minimum Gasteiger partial charge on any atom is -0.490 e. The molecule has 0 saturated carbocycles. The number of halogens is 3. The van der Waals surface area contributed by atoms with Gasteiger partial charge in [-0.1, -0.05) is 0 Å². The van der Waals surface area contributed by atoms with Crippen molar-refractivity contribution in [2.75, 3.05) is 18.5 Å². The van der Waals surface area contributed by atoms with E-state index in [9.17, 15) is 22.8 Å². The third-order valence-electron chi connectivity index (χ3n) is 4.44. The first-order valence-corrected chi connectivity index (χ1v) is 8.16. The second kappa shape index (κ2) is 6.49. The van der Waals surface area contributed by atoms with Gasteiger partial charge in [0.25, 0.3) is 0 Å². The largest absolute Gasteiger partial charge is 0.490 e. The summed E-state index contributed by atoms with van der Waals surface area (Å²) in [6.07, 6.45) is 0. The molecule has 0 bridgehead atoms. The van der Waals surface area contributed by atoms with Crippen LogP contribution in [0, 0.1) is 17.5 Å². The predicted octanol–water partition coefficient (Wildman–Crippen LogP) is 2.70. The molecule has 140 valence electrons. The van der Waals surface area contributed by atoms with Crippen LogP contribution in [0.1, 0.15) is 17.2 Å². The SMILES string of the molecule is O=C(CN1Cc2cc(F)ccc2NC1=O)N[C@@H]1COc2cc(F)cc(F)c21. The first-order valence-electron chi connectivity index (χ1n) is 8.16. The van der Waals surface area contributed by atoms with Gasteiger partial charge in [-0.25, -0.2) is 18.0 Å². The first-order chi connectivity index (χ1) is 12.9. The first kappa shape index (κ1) is 17.2. The Kier molecular flexibility index (Phi) is 4.14. The van der Waals surface area contributed by atoms with Crippen LogP contribution in [0.2, 0.25) is 0 Å². The predicted molar refractivity (Wildman–Crippen MR) is 88.6 cm³/mol. The molecule has 3 amide bonds. The van der Waals surface area contributed by atoms with E-state index in [-0.39, 0.29) is 31.0 Å². The van der Waals surface area contributed by atoms with Gasteiger partial charge in [0.1, 0.15) is 36.4 Å². The topological polar surface area (TPSA) is 70.7 Å². The Hall–Kier alpha value is -3.23. The summed E-state index contributed by atoms with van der Waals surface area (Å²) < 4.78 is 45.8. The van der Waals surface area contributed by atoms with E-state index in [1.807, 2.05) is 0 Å². The van der Waals surface area contributed by atoms with Crippen LogP contribution in [0.5, 0.6) is 5.75 Å². The maximum Gasteiger partial charge on any atom is 0.322 e. The molecule has 4 rings (SSSR count). The molecule has 0 saturated heterocycles. The van der Waals surface area contributed by atoms with Crippen LogP contribution in [0.15, 0.2) is 30.3 Å². The summed E-state index contributed by atoms with van der Waals surface area (Å²) in [5, 5.41) is 5.16. The molecule has 0 fully saturated rings. The summed E-state index contributed by atoms with van der Waals surface area (Å²) in [6, 6.07) is 4.45. The molecule has 0 spiro atoms. The number of carbonyl (C=O) groups excluding carboxylic acids is 2. The molecule has 27 heavy (non-hydrogen) atoms. The van der Waals surface area contributed by atoms with E-state index in [0.717, 1.165) is 12.1 Å². The second-order valence-corrected chi connectivity index (χ2v) is 6.32. The Morgan fingerprint density at radius 3 is 2.85 bits per heavy atom. The van der Waals surface area contributed by atoms with Gasteiger partial charge in [-0.15, -0.1) is 0 Å². The number of carbonyl (C=O) groups is 2. The number of ether oxygens (including phenoxy) is 1. The van der Waals surface area contributed by atoms with Crippen molar-refractivity contribution in [3.05, 3.63) is 58.9 Å². The van der Waals surface area contributed by atoms with Gasteiger partial charge >= 0.3 is 6.03 Å². The monoisotopic (exact) mass is 377 g/mol. The molecule has 6 nitrogen and oxygen atoms in total. The van der Waals surface area contributed by atoms with Crippen molar-refractivity contribution >= 4 is 17.6 Å². The van der Waals surface area contributed by atoms with Crippen molar-refractivity contribution in [3.8, 4) is 5.75 Å². The molecule has 0 unspecified atom stereocenters. The highest BCUT2D eigenvalue weighted by Gasteiger charge is 2.31. The Bertz CT molecular complexity index is 951. The Morgan fingerprint density at radius 2 is 2.04 bits per heavy atom. The lowest BCUT2D eigenvalue weighted by Gasteiger charge is -2.29. The maximum absolute atomic E-state index is 14.0. The standard InChI is InChI=1S/C18H14F3N3O3/c19-10-1-2-13-9(3-10)6-24(18(26)23-13)7-16(25)22-14-8-27-15-5-11(20)4-12(21)17(14)15/h1-5,14H,6-8H2,(H,22,25)(H,23,26)/t14-/m1/s1. The summed E-state index contributed by atoms with van der Waals surface area (Å²) in [6.45, 7) is -0.290. The van der Waals surface area contributed by atoms with E-state index in [1.165, 1.54) is 23.1 Å². The van der Waals surface area contributed by atoms with Crippen LogP contribution < -0.4 is 15.4 Å². The Labute approximate surface area is 151 Å². The van der Waals surface area contributed by atoms with E-state index in [4.69, 9.17) is 4.74 Å². The molecule has 2 aliphatic rings. The van der Waals surface area contributed by atoms with Crippen LogP contribution in [0.3, 0.4) is 0 Å². The molecule has 2 heterocycles. The van der Waals surface area contributed by atoms with Gasteiger partial charge in [0.15, 0.2) is 0 Å². The normalized spacial score (nSPS) is 17.7. The summed E-state index contributed by atoms with van der Waals surface area (Å²) in [7, 11) is 0. The fraction of sp³-hybridized carbons (Fsp3) is 0.222. The van der Waals surface area contributed by atoms with E-state index < -0.39 is 35.4 Å². The molecule has 2 aliphatic heterocycles. The van der Waals surface area contributed by atoms with Crippen molar-refractivity contribution in [1.29, 1.82) is 0 Å². The van der Waals surface area contributed by atoms with Crippen LogP contribution >= 0.6 is 0 Å². The molecule has 1 atom stereocenters. The number of nitrogens with zero attached hydrogens (tertiary/aromatic N) is 1. The number of hydrogen-bond donors (Lipinski definition) is 2. The zero-order chi connectivity index (χ0) is 19.1. The molecular weight excluding hydrogens is 363 g/mol. The molecule has 2 aromatic carbocycles. The van der Waals surface area contributed by atoms with Gasteiger partial charge in [0.05, 0.1) is 18.2 Å². The van der Waals surface area contributed by atoms with E-state index in [2.05, 4.69) is 10.6 Å². The Balaban J connectivity index is 1.45. The second-order valence-electron chi connectivity index (χ2n) is 6.32. The zero-order valence-electron chi connectivity index (χ0n) is 13.9. The number of nitrogens with one attached hydrogen (secondary N) is 2. The lowest BCUT2D eigenvalue weighted by Crippen LogP contribution is -2.45. The van der Waals surface area contributed by atoms with Crippen LogP contribution in [0.25, 0.3) is 0 Å². The molecule has 0 aromatic heterocycles. The molecule has 9 heteroatoms. The lowest BCUT2D eigenvalue weighted by atomic mass is 10.1. The van der Waals surface area contributed by atoms with Crippen LogP contribution in [-0.2, 0) is 11.3 Å². The number of anilines is 1. The highest BCUT2D eigenvalue weighted by atomic mass is 19.1. The minimum atomic E-state index is -0.812. The van der Waals surface area contributed by atoms with Crippen molar-refractivity contribution in [2.24, 2.45) is 0 Å². The van der Waals surface area contributed by atoms with E-state index >= 15 is 0 Å². The minimum absolute atomic E-state index is 0.0397. The van der Waals surface area contributed by atoms with Gasteiger partial charge < -0.3 is 20.3 Å². The number of amides is 3. The summed E-state index contributed by atoms with van der Waals surface area (Å²) in [4.78, 5) is 25.6. The molecule has 0 aliphatic carbocycles. The lowest BCUT2D eigenvalue weighted by molar-refractivity contribution is -0.122. The number of fused-ring (bicyclic) bond motifs is 2. The van der Waals surface area contributed by atoms with E-state index in [0.29, 0.717) is 11.3 Å². The molecular formula is C18H14F3N3O3. The van der Waals surface area contributed by atoms with Crippen molar-refractivity contribution in [3.63, 3.8) is 0 Å². The quantitative estimate of drug-likeness (QED) is 0.864. The smallest absolute Gasteiger partial charge is 0.322 e. The van der Waals surface area contributed by atoms with Crippen LogP contribution in [-0.4, -0.2) is 30.0 Å². The van der Waals surface area contributed by atoms with Gasteiger partial charge in [-0.05, 0) is 23.8 Å². The average molecular weight is 377 g/mol. The van der Waals surface area contributed by atoms with Crippen molar-refractivity contribution < 1.29 is 27.5 Å². The summed E-state index contributed by atoms with van der Waals surface area (Å²) in [5.74, 6) is -2.54. The van der Waals surface area contributed by atoms with Gasteiger partial charge in [0, 0.05) is 17.8 Å². The Morgan fingerprint density at radius 1 is 1.22 bits per heavy atom. The molecule has 2 N–H and O–H groups in total. The maximum atomic E-state index is 14.0. The number of urea groups is 1. The number of benzene rings is 2. The molecule has 2 aromatic rings. The summed E-state index contributed by atoms with van der Waals surface area (Å²) >= 11 is 0. The summed E-state index contributed by atoms with van der Waals surface area (Å²) in [5.41, 5.74) is 1.10. The zero-order valence-corrected chi connectivity index (χ0v) is 13.9. The highest BCUT2D eigenvalue weighted by molar-refractivity contribution is 5.94. The fourth-order valence-electron chi connectivity index (χ4n) is 3.22. The fourth-order valence-corrected chi connectivity index (χ4v) is 3.22. The third kappa shape index (κ3) is 3.27. The van der Waals surface area contributed by atoms with Crippen molar-refractivity contribution in [2.45, 2.75) is 12.6 Å². The van der Waals surface area contributed by atoms with Gasteiger partial charge in [0.2, 0.25) is 5.91 Å². The third-order valence-corrected chi connectivity index (χ3v) is 4.44. The van der Waals surface area contributed by atoms with Crippen molar-refractivity contribution in [1.82, 2.24) is 10.2 Å². The van der Waals surface area contributed by atoms with E-state index in [1.54, 1.807) is 0 Å². The average Bonchev–Trinajstić information content (AvgIpc) is 2.98. The van der Waals surface area contributed by atoms with Crippen LogP contribution in [0.4, 0.5) is 23.7 Å².